The molecule has 0 radical (unpaired) electrons. The van der Waals surface area contributed by atoms with Crippen LogP contribution in [0.4, 0.5) is 15.8 Å². The number of aromatic nitrogens is 1. The van der Waals surface area contributed by atoms with Gasteiger partial charge in [-0.15, -0.1) is 0 Å². The molecule has 8 heteroatoms. The van der Waals surface area contributed by atoms with Crippen LogP contribution in [-0.4, -0.2) is 13.4 Å². The molecule has 0 bridgehead atoms. The summed E-state index contributed by atoms with van der Waals surface area (Å²) in [6, 6.07) is 6.25. The predicted octanol–water partition coefficient (Wildman–Crippen LogP) is 2.26. The summed E-state index contributed by atoms with van der Waals surface area (Å²) in [4.78, 5) is 3.31. The fourth-order valence-corrected chi connectivity index (χ4v) is 2.54. The number of nitrogens with zero attached hydrogens (tertiary/aromatic N) is 1. The second-order valence-corrected chi connectivity index (χ2v) is 5.75. The topological polar surface area (TPSA) is 85.1 Å². The van der Waals surface area contributed by atoms with E-state index >= 15 is 0 Å². The van der Waals surface area contributed by atoms with E-state index in [1.54, 1.807) is 0 Å². The second kappa shape index (κ2) is 5.02. The summed E-state index contributed by atoms with van der Waals surface area (Å²) in [5, 5.41) is 0.266. The average molecular weight is 302 g/mol. The Hall–Kier alpha value is -1.86. The van der Waals surface area contributed by atoms with Crippen molar-refractivity contribution in [2.45, 2.75) is 4.90 Å². The number of pyridine rings is 1. The van der Waals surface area contributed by atoms with Gasteiger partial charge in [-0.25, -0.2) is 13.4 Å². The van der Waals surface area contributed by atoms with Crippen molar-refractivity contribution in [1.29, 1.82) is 0 Å². The van der Waals surface area contributed by atoms with E-state index in [1.807, 2.05) is 0 Å². The van der Waals surface area contributed by atoms with Crippen LogP contribution in [0.25, 0.3) is 0 Å². The first-order valence-corrected chi connectivity index (χ1v) is 6.94. The maximum atomic E-state index is 12.6. The third-order valence-electron chi connectivity index (χ3n) is 2.26. The van der Waals surface area contributed by atoms with E-state index in [0.717, 1.165) is 12.3 Å². The minimum Gasteiger partial charge on any atom is -0.397 e. The molecule has 0 unspecified atom stereocenters. The van der Waals surface area contributed by atoms with Gasteiger partial charge in [0.05, 0.1) is 27.5 Å². The van der Waals surface area contributed by atoms with Gasteiger partial charge in [-0.05, 0) is 30.3 Å². The Kier molecular flexibility index (Phi) is 3.59. The SMILES string of the molecule is Nc1cc(S(=O)(=O)Nc2ccc(F)nc2)ccc1Cl. The zero-order valence-electron chi connectivity index (χ0n) is 9.47. The molecule has 0 fully saturated rings. The normalized spacial score (nSPS) is 11.3. The van der Waals surface area contributed by atoms with Crippen molar-refractivity contribution in [2.24, 2.45) is 0 Å². The molecule has 0 saturated carbocycles. The largest absolute Gasteiger partial charge is 0.397 e. The fraction of sp³-hybridized carbons (Fsp3) is 0. The van der Waals surface area contributed by atoms with E-state index in [2.05, 4.69) is 9.71 Å². The Balaban J connectivity index is 2.32. The third-order valence-corrected chi connectivity index (χ3v) is 3.98. The molecular formula is C11H9ClFN3O2S. The van der Waals surface area contributed by atoms with Crippen molar-refractivity contribution in [3.8, 4) is 0 Å². The van der Waals surface area contributed by atoms with E-state index in [9.17, 15) is 12.8 Å². The number of halogens is 2. The molecule has 0 aliphatic rings. The molecule has 5 nitrogen and oxygen atoms in total. The summed E-state index contributed by atoms with van der Waals surface area (Å²) in [6.07, 6.45) is 1.08. The lowest BCUT2D eigenvalue weighted by Gasteiger charge is -2.08. The van der Waals surface area contributed by atoms with Crippen molar-refractivity contribution in [3.63, 3.8) is 0 Å². The Morgan fingerprint density at radius 2 is 2.00 bits per heavy atom. The quantitative estimate of drug-likeness (QED) is 0.672. The average Bonchev–Trinajstić information content (AvgIpc) is 2.35. The third kappa shape index (κ3) is 3.12. The summed E-state index contributed by atoms with van der Waals surface area (Å²) >= 11 is 5.72. The van der Waals surface area contributed by atoms with Crippen LogP contribution in [0.15, 0.2) is 41.4 Å². The van der Waals surface area contributed by atoms with Crippen LogP contribution in [0.3, 0.4) is 0 Å². The molecule has 0 amide bonds. The lowest BCUT2D eigenvalue weighted by Crippen LogP contribution is -2.13. The Labute approximate surface area is 114 Å². The molecule has 1 aromatic heterocycles. The van der Waals surface area contributed by atoms with Gasteiger partial charge in [0.2, 0.25) is 5.95 Å². The van der Waals surface area contributed by atoms with Gasteiger partial charge < -0.3 is 5.73 Å². The van der Waals surface area contributed by atoms with Crippen LogP contribution in [-0.2, 0) is 10.0 Å². The number of rotatable bonds is 3. The highest BCUT2D eigenvalue weighted by atomic mass is 35.5. The number of benzene rings is 1. The van der Waals surface area contributed by atoms with Crippen molar-refractivity contribution >= 4 is 33.0 Å². The number of anilines is 2. The molecule has 2 rings (SSSR count). The molecule has 1 aromatic carbocycles. The van der Waals surface area contributed by atoms with Gasteiger partial charge in [-0.1, -0.05) is 11.6 Å². The van der Waals surface area contributed by atoms with Crippen LogP contribution in [0, 0.1) is 5.95 Å². The van der Waals surface area contributed by atoms with Crippen molar-refractivity contribution < 1.29 is 12.8 Å². The molecule has 0 aliphatic heterocycles. The van der Waals surface area contributed by atoms with Crippen LogP contribution in [0.5, 0.6) is 0 Å². The Bertz CT molecular complexity index is 704. The molecule has 2 aromatic rings. The van der Waals surface area contributed by atoms with Crippen LogP contribution >= 0.6 is 11.6 Å². The van der Waals surface area contributed by atoms with Gasteiger partial charge in [0.1, 0.15) is 0 Å². The maximum absolute atomic E-state index is 12.6. The minimum absolute atomic E-state index is 0.0428. The van der Waals surface area contributed by atoms with Gasteiger partial charge in [-0.2, -0.15) is 4.39 Å². The van der Waals surface area contributed by atoms with Crippen molar-refractivity contribution in [1.82, 2.24) is 4.98 Å². The minimum atomic E-state index is -3.82. The first kappa shape index (κ1) is 13.6. The zero-order chi connectivity index (χ0) is 14.0. The van der Waals surface area contributed by atoms with E-state index in [0.29, 0.717) is 0 Å². The van der Waals surface area contributed by atoms with Gasteiger partial charge in [-0.3, -0.25) is 4.72 Å². The monoisotopic (exact) mass is 301 g/mol. The highest BCUT2D eigenvalue weighted by molar-refractivity contribution is 7.92. The lowest BCUT2D eigenvalue weighted by atomic mass is 10.3. The number of nitrogens with two attached hydrogens (primary N) is 1. The summed E-state index contributed by atoms with van der Waals surface area (Å²) in [6.45, 7) is 0. The highest BCUT2D eigenvalue weighted by Crippen LogP contribution is 2.23. The van der Waals surface area contributed by atoms with E-state index in [-0.39, 0.29) is 21.3 Å². The van der Waals surface area contributed by atoms with Gasteiger partial charge in [0, 0.05) is 0 Å². The molecule has 0 atom stereocenters. The van der Waals surface area contributed by atoms with Crippen molar-refractivity contribution in [2.75, 3.05) is 10.5 Å². The van der Waals surface area contributed by atoms with Crippen LogP contribution in [0.2, 0.25) is 5.02 Å². The van der Waals surface area contributed by atoms with E-state index < -0.39 is 16.0 Å². The number of nitrogen functional groups attached to an aromatic ring is 1. The van der Waals surface area contributed by atoms with E-state index in [1.165, 1.54) is 24.3 Å². The van der Waals surface area contributed by atoms with Gasteiger partial charge in [0.25, 0.3) is 10.0 Å². The molecular weight excluding hydrogens is 293 g/mol. The van der Waals surface area contributed by atoms with Crippen molar-refractivity contribution in [3.05, 3.63) is 47.5 Å². The predicted molar refractivity (Wildman–Crippen MR) is 70.9 cm³/mol. The molecule has 3 N–H and O–H groups in total. The molecule has 100 valence electrons. The van der Waals surface area contributed by atoms with Crippen LogP contribution in [0.1, 0.15) is 0 Å². The molecule has 0 aliphatic carbocycles. The number of sulfonamides is 1. The summed E-state index contributed by atoms with van der Waals surface area (Å²) < 4.78 is 38.9. The lowest BCUT2D eigenvalue weighted by molar-refractivity contribution is 0.583. The molecule has 19 heavy (non-hydrogen) atoms. The maximum Gasteiger partial charge on any atom is 0.262 e. The number of hydrogen-bond donors (Lipinski definition) is 2. The first-order valence-electron chi connectivity index (χ1n) is 5.08. The number of nitrogens with one attached hydrogen (secondary N) is 1. The highest BCUT2D eigenvalue weighted by Gasteiger charge is 2.15. The Morgan fingerprint density at radius 1 is 1.26 bits per heavy atom. The summed E-state index contributed by atoms with van der Waals surface area (Å²) in [5.74, 6) is -0.696. The summed E-state index contributed by atoms with van der Waals surface area (Å²) in [7, 11) is -3.82. The summed E-state index contributed by atoms with van der Waals surface area (Å²) in [5.41, 5.74) is 5.85. The van der Waals surface area contributed by atoms with Gasteiger partial charge >= 0.3 is 0 Å². The zero-order valence-corrected chi connectivity index (χ0v) is 11.0. The first-order chi connectivity index (χ1) is 8.88. The van der Waals surface area contributed by atoms with E-state index in [4.69, 9.17) is 17.3 Å². The van der Waals surface area contributed by atoms with Crippen LogP contribution < -0.4 is 10.5 Å². The smallest absolute Gasteiger partial charge is 0.262 e. The molecule has 1 heterocycles. The Morgan fingerprint density at radius 3 is 2.58 bits per heavy atom. The molecule has 0 spiro atoms. The standard InChI is InChI=1S/C11H9ClFN3O2S/c12-9-3-2-8(5-10(9)14)19(17,18)16-7-1-4-11(13)15-6-7/h1-6,16H,14H2. The second-order valence-electron chi connectivity index (χ2n) is 3.66. The number of hydrogen-bond acceptors (Lipinski definition) is 4. The fourth-order valence-electron chi connectivity index (χ4n) is 1.34. The molecule has 0 saturated heterocycles. The van der Waals surface area contributed by atoms with Gasteiger partial charge in [0.15, 0.2) is 0 Å².